The summed E-state index contributed by atoms with van der Waals surface area (Å²) in [4.78, 5) is 0. The molecular weight excluding hydrogens is 254 g/mol. The summed E-state index contributed by atoms with van der Waals surface area (Å²) >= 11 is 0. The third-order valence-corrected chi connectivity index (χ3v) is 3.89. The van der Waals surface area contributed by atoms with E-state index >= 15 is 0 Å². The van der Waals surface area contributed by atoms with Gasteiger partial charge in [-0.15, -0.1) is 0 Å². The van der Waals surface area contributed by atoms with E-state index in [9.17, 15) is 16.8 Å². The van der Waals surface area contributed by atoms with Crippen molar-refractivity contribution in [2.75, 3.05) is 25.7 Å². The number of rotatable bonds is 4. The van der Waals surface area contributed by atoms with E-state index in [1.54, 1.807) is 6.08 Å². The maximum Gasteiger partial charge on any atom is 0.264 e. The Balaban J connectivity index is 2.53. The van der Waals surface area contributed by atoms with Gasteiger partial charge in [-0.05, 0) is 6.42 Å². The summed E-state index contributed by atoms with van der Waals surface area (Å²) in [7, 11) is -6.64. The van der Waals surface area contributed by atoms with Crippen molar-refractivity contribution >= 4 is 20.1 Å². The molecule has 1 atom stereocenters. The summed E-state index contributed by atoms with van der Waals surface area (Å²) < 4.78 is 49.7. The molecule has 0 amide bonds. The lowest BCUT2D eigenvalue weighted by atomic mass is 10.1. The molecule has 1 rings (SSSR count). The van der Waals surface area contributed by atoms with Gasteiger partial charge in [0.2, 0.25) is 10.0 Å². The van der Waals surface area contributed by atoms with Crippen molar-refractivity contribution in [1.82, 2.24) is 4.31 Å². The fraction of sp³-hybridized carbons (Fsp3) is 0.750. The van der Waals surface area contributed by atoms with E-state index in [4.69, 9.17) is 0 Å². The lowest BCUT2D eigenvalue weighted by Gasteiger charge is -2.25. The fourth-order valence-electron chi connectivity index (χ4n) is 1.31. The van der Waals surface area contributed by atoms with Crippen LogP contribution in [-0.4, -0.2) is 46.8 Å². The Morgan fingerprint density at radius 1 is 1.31 bits per heavy atom. The molecule has 0 saturated heterocycles. The Labute approximate surface area is 96.1 Å². The van der Waals surface area contributed by atoms with Crippen LogP contribution in [0, 0.1) is 5.92 Å². The summed E-state index contributed by atoms with van der Waals surface area (Å²) in [6.45, 7) is 0.417. The summed E-state index contributed by atoms with van der Waals surface area (Å²) in [5.74, 6) is -0.0623. The van der Waals surface area contributed by atoms with Crippen molar-refractivity contribution in [2.24, 2.45) is 5.92 Å². The van der Waals surface area contributed by atoms with Crippen LogP contribution in [0.2, 0.25) is 0 Å². The van der Waals surface area contributed by atoms with E-state index in [1.807, 2.05) is 0 Å². The summed E-state index contributed by atoms with van der Waals surface area (Å²) in [6, 6.07) is 0. The van der Waals surface area contributed by atoms with Gasteiger partial charge in [-0.25, -0.2) is 8.42 Å². The van der Waals surface area contributed by atoms with Gasteiger partial charge in [-0.1, -0.05) is 6.08 Å². The zero-order valence-electron chi connectivity index (χ0n) is 9.16. The third-order valence-electron chi connectivity index (χ3n) is 2.17. The smallest absolute Gasteiger partial charge is 0.264 e. The third kappa shape index (κ3) is 4.50. The van der Waals surface area contributed by atoms with Gasteiger partial charge in [0.05, 0.1) is 19.1 Å². The molecule has 1 aliphatic heterocycles. The van der Waals surface area contributed by atoms with E-state index in [1.165, 1.54) is 10.5 Å². The number of sulfonamides is 1. The quantitative estimate of drug-likeness (QED) is 0.658. The van der Waals surface area contributed by atoms with E-state index in [0.717, 1.165) is 12.5 Å². The zero-order chi connectivity index (χ0) is 12.4. The summed E-state index contributed by atoms with van der Waals surface area (Å²) in [6.07, 6.45) is 5.77. The first-order chi connectivity index (χ1) is 7.18. The molecule has 6 nitrogen and oxygen atoms in total. The van der Waals surface area contributed by atoms with E-state index in [0.29, 0.717) is 13.0 Å². The van der Waals surface area contributed by atoms with Crippen LogP contribution in [0.1, 0.15) is 6.42 Å². The first-order valence-electron chi connectivity index (χ1n) is 4.68. The largest absolute Gasteiger partial charge is 0.278 e. The van der Waals surface area contributed by atoms with Crippen molar-refractivity contribution in [3.05, 3.63) is 12.3 Å². The minimum absolute atomic E-state index is 0.0623. The Morgan fingerprint density at radius 3 is 2.31 bits per heavy atom. The van der Waals surface area contributed by atoms with Gasteiger partial charge in [0.15, 0.2) is 0 Å². The van der Waals surface area contributed by atoms with Crippen LogP contribution in [0.4, 0.5) is 0 Å². The Hall–Kier alpha value is -0.600. The number of nitrogens with zero attached hydrogens (tertiary/aromatic N) is 1. The van der Waals surface area contributed by atoms with E-state index in [2.05, 4.69) is 4.18 Å². The molecule has 0 aromatic heterocycles. The van der Waals surface area contributed by atoms with Crippen molar-refractivity contribution < 1.29 is 21.0 Å². The summed E-state index contributed by atoms with van der Waals surface area (Å²) in [5.41, 5.74) is 0. The lowest BCUT2D eigenvalue weighted by molar-refractivity contribution is 0.262. The van der Waals surface area contributed by atoms with E-state index in [-0.39, 0.29) is 12.5 Å². The van der Waals surface area contributed by atoms with Crippen LogP contribution in [-0.2, 0) is 24.3 Å². The van der Waals surface area contributed by atoms with Crippen LogP contribution in [0.15, 0.2) is 12.3 Å². The standard InChI is InChI=1S/C8H15NO5S2/c1-15(10,11)9-5-3-8(4-6-9)7-14-16(2,12)13/h3,5,8H,4,6-7H2,1-2H3. The molecule has 0 fully saturated rings. The highest BCUT2D eigenvalue weighted by atomic mass is 32.2. The average Bonchev–Trinajstić information content (AvgIpc) is 2.13. The molecule has 0 aliphatic carbocycles. The van der Waals surface area contributed by atoms with Crippen LogP contribution < -0.4 is 0 Å². The fourth-order valence-corrected chi connectivity index (χ4v) is 2.46. The SMILES string of the molecule is CS(=O)(=O)OCC1C=CN(S(C)(=O)=O)CC1. The van der Waals surface area contributed by atoms with Crippen molar-refractivity contribution in [3.63, 3.8) is 0 Å². The molecule has 0 bridgehead atoms. The Morgan fingerprint density at radius 2 is 1.94 bits per heavy atom. The van der Waals surface area contributed by atoms with Gasteiger partial charge in [0, 0.05) is 18.7 Å². The second-order valence-corrected chi connectivity index (χ2v) is 7.33. The Kier molecular flexibility index (Phi) is 3.97. The molecule has 16 heavy (non-hydrogen) atoms. The maximum atomic E-state index is 11.2. The van der Waals surface area contributed by atoms with Gasteiger partial charge in [0.1, 0.15) is 0 Å². The first-order valence-corrected chi connectivity index (χ1v) is 8.34. The van der Waals surface area contributed by atoms with Gasteiger partial charge < -0.3 is 0 Å². The molecule has 94 valence electrons. The van der Waals surface area contributed by atoms with Crippen molar-refractivity contribution in [1.29, 1.82) is 0 Å². The van der Waals surface area contributed by atoms with Crippen molar-refractivity contribution in [2.45, 2.75) is 6.42 Å². The van der Waals surface area contributed by atoms with Crippen LogP contribution in [0.3, 0.4) is 0 Å². The highest BCUT2D eigenvalue weighted by molar-refractivity contribution is 7.88. The predicted octanol–water partition coefficient (Wildman–Crippen LogP) is -0.242. The molecule has 0 aromatic carbocycles. The molecule has 1 aliphatic rings. The Bertz CT molecular complexity index is 465. The predicted molar refractivity (Wildman–Crippen MR) is 59.6 cm³/mol. The van der Waals surface area contributed by atoms with E-state index < -0.39 is 20.1 Å². The normalized spacial score (nSPS) is 22.4. The first kappa shape index (κ1) is 13.5. The monoisotopic (exact) mass is 269 g/mol. The minimum Gasteiger partial charge on any atom is -0.278 e. The molecule has 0 N–H and O–H groups in total. The minimum atomic E-state index is -3.43. The van der Waals surface area contributed by atoms with Crippen LogP contribution in [0.25, 0.3) is 0 Å². The molecule has 8 heteroatoms. The second kappa shape index (κ2) is 4.72. The second-order valence-electron chi connectivity index (χ2n) is 3.75. The molecule has 1 heterocycles. The molecule has 0 saturated carbocycles. The number of hydrogen-bond donors (Lipinski definition) is 0. The molecule has 1 unspecified atom stereocenters. The highest BCUT2D eigenvalue weighted by Gasteiger charge is 2.20. The van der Waals surface area contributed by atoms with Crippen LogP contribution >= 0.6 is 0 Å². The summed E-state index contributed by atoms with van der Waals surface area (Å²) in [5, 5.41) is 0. The van der Waals surface area contributed by atoms with Gasteiger partial charge in [-0.3, -0.25) is 8.49 Å². The van der Waals surface area contributed by atoms with Gasteiger partial charge in [-0.2, -0.15) is 8.42 Å². The average molecular weight is 269 g/mol. The highest BCUT2D eigenvalue weighted by Crippen LogP contribution is 2.16. The maximum absolute atomic E-state index is 11.2. The van der Waals surface area contributed by atoms with Crippen LogP contribution in [0.5, 0.6) is 0 Å². The van der Waals surface area contributed by atoms with Gasteiger partial charge in [0.25, 0.3) is 10.1 Å². The molecule has 0 radical (unpaired) electrons. The molecule has 0 spiro atoms. The van der Waals surface area contributed by atoms with Gasteiger partial charge >= 0.3 is 0 Å². The molecule has 0 aromatic rings. The van der Waals surface area contributed by atoms with Crippen molar-refractivity contribution in [3.8, 4) is 0 Å². The molecular formula is C8H15NO5S2. The zero-order valence-corrected chi connectivity index (χ0v) is 10.8. The topological polar surface area (TPSA) is 80.8 Å². The number of hydrogen-bond acceptors (Lipinski definition) is 5. The lowest BCUT2D eigenvalue weighted by Crippen LogP contribution is -2.31.